The first-order valence-corrected chi connectivity index (χ1v) is 20.7. The van der Waals surface area contributed by atoms with Crippen molar-refractivity contribution in [2.75, 3.05) is 69.5 Å². The third-order valence-corrected chi connectivity index (χ3v) is 12.3. The van der Waals surface area contributed by atoms with E-state index in [0.29, 0.717) is 35.9 Å². The number of rotatable bonds is 11. The average Bonchev–Trinajstić information content (AvgIpc) is 3.78. The SMILES string of the molecule is COCCOC(=O)N1C(=O)C2(c3ccccc31)C(C(=O)N1CCN(c3ncccn3)CC1)C1C(=O)OC(c3ccccc3)C(c3ccccc3)N1C2c1ccc(OCCO)cc1. The summed E-state index contributed by atoms with van der Waals surface area (Å²) in [7, 11) is 1.48. The maximum atomic E-state index is 16.1. The molecule has 4 aromatic carbocycles. The molecular formula is C47H46N6O9. The van der Waals surface area contributed by atoms with Crippen LogP contribution in [0, 0.1) is 5.92 Å². The number of nitrogens with zero attached hydrogens (tertiary/aromatic N) is 6. The van der Waals surface area contributed by atoms with Crippen LogP contribution in [0.4, 0.5) is 16.4 Å². The van der Waals surface area contributed by atoms with Crippen molar-refractivity contribution in [3.8, 4) is 5.75 Å². The summed E-state index contributed by atoms with van der Waals surface area (Å²) in [6.07, 6.45) is 1.54. The van der Waals surface area contributed by atoms with Crippen LogP contribution in [0.5, 0.6) is 5.75 Å². The van der Waals surface area contributed by atoms with Gasteiger partial charge in [-0.15, -0.1) is 0 Å². The van der Waals surface area contributed by atoms with Gasteiger partial charge < -0.3 is 33.9 Å². The quantitative estimate of drug-likeness (QED) is 0.145. The first-order chi connectivity index (χ1) is 30.4. The zero-order valence-corrected chi connectivity index (χ0v) is 34.1. The fraction of sp³-hybridized carbons (Fsp3) is 0.319. The minimum absolute atomic E-state index is 0.0633. The highest BCUT2D eigenvalue weighted by Gasteiger charge is 2.76. The normalized spacial score (nSPS) is 24.4. The molecule has 9 rings (SSSR count). The predicted molar refractivity (Wildman–Crippen MR) is 225 cm³/mol. The van der Waals surface area contributed by atoms with Crippen LogP contribution >= 0.6 is 0 Å². The molecule has 0 radical (unpaired) electrons. The number of anilines is 2. The zero-order chi connectivity index (χ0) is 42.8. The molecule has 1 N–H and O–H groups in total. The number of aliphatic hydroxyl groups is 1. The average molecular weight is 839 g/mol. The summed E-state index contributed by atoms with van der Waals surface area (Å²) >= 11 is 0. The van der Waals surface area contributed by atoms with Gasteiger partial charge in [0.05, 0.1) is 36.9 Å². The van der Waals surface area contributed by atoms with Crippen molar-refractivity contribution >= 4 is 35.5 Å². The maximum Gasteiger partial charge on any atom is 0.421 e. The second-order valence-electron chi connectivity index (χ2n) is 15.5. The summed E-state index contributed by atoms with van der Waals surface area (Å²) in [6.45, 7) is 1.14. The summed E-state index contributed by atoms with van der Waals surface area (Å²) in [6, 6.07) is 31.8. The molecule has 15 heteroatoms. The monoisotopic (exact) mass is 838 g/mol. The van der Waals surface area contributed by atoms with E-state index in [1.807, 2.05) is 82.6 Å². The number of hydrogen-bond donors (Lipinski definition) is 1. The molecule has 6 atom stereocenters. The number of fused-ring (bicyclic) bond motifs is 3. The van der Waals surface area contributed by atoms with Crippen LogP contribution in [0.2, 0.25) is 0 Å². The number of aromatic nitrogens is 2. The van der Waals surface area contributed by atoms with Crippen LogP contribution in [0.3, 0.4) is 0 Å². The molecule has 318 valence electrons. The molecule has 0 bridgehead atoms. The molecule has 0 saturated carbocycles. The molecule has 0 aliphatic carbocycles. The molecular weight excluding hydrogens is 793 g/mol. The van der Waals surface area contributed by atoms with E-state index in [2.05, 4.69) is 9.97 Å². The molecule has 15 nitrogen and oxygen atoms in total. The van der Waals surface area contributed by atoms with Crippen molar-refractivity contribution < 1.29 is 43.2 Å². The summed E-state index contributed by atoms with van der Waals surface area (Å²) in [5, 5.41) is 9.52. The number of para-hydroxylation sites is 1. The minimum Gasteiger partial charge on any atom is -0.491 e. The van der Waals surface area contributed by atoms with Gasteiger partial charge in [0.25, 0.3) is 0 Å². The molecule has 3 amide bonds. The predicted octanol–water partition coefficient (Wildman–Crippen LogP) is 4.65. The lowest BCUT2D eigenvalue weighted by molar-refractivity contribution is -0.179. The van der Waals surface area contributed by atoms with Gasteiger partial charge in [0, 0.05) is 45.7 Å². The molecule has 6 unspecified atom stereocenters. The number of morpholine rings is 1. The summed E-state index contributed by atoms with van der Waals surface area (Å²) in [4.78, 5) is 77.0. The Hall–Kier alpha value is -6.68. The summed E-state index contributed by atoms with van der Waals surface area (Å²) in [5.41, 5.74) is 0.877. The minimum atomic E-state index is -1.89. The van der Waals surface area contributed by atoms with E-state index >= 15 is 14.4 Å². The van der Waals surface area contributed by atoms with Crippen LogP contribution in [-0.4, -0.2) is 115 Å². The molecule has 5 aromatic rings. The Morgan fingerprint density at radius 2 is 1.42 bits per heavy atom. The Morgan fingerprint density at radius 3 is 2.10 bits per heavy atom. The third-order valence-electron chi connectivity index (χ3n) is 12.3. The first kappa shape index (κ1) is 40.7. The zero-order valence-electron chi connectivity index (χ0n) is 34.1. The second kappa shape index (κ2) is 17.4. The van der Waals surface area contributed by atoms with Crippen molar-refractivity contribution in [3.63, 3.8) is 0 Å². The number of piperazine rings is 1. The van der Waals surface area contributed by atoms with Gasteiger partial charge in [-0.1, -0.05) is 91.0 Å². The molecule has 4 aliphatic heterocycles. The number of ether oxygens (including phenoxy) is 4. The Balaban J connectivity index is 1.27. The highest BCUT2D eigenvalue weighted by molar-refractivity contribution is 6.23. The van der Waals surface area contributed by atoms with Gasteiger partial charge in [-0.3, -0.25) is 19.3 Å². The highest BCUT2D eigenvalue weighted by Crippen LogP contribution is 2.66. The fourth-order valence-corrected chi connectivity index (χ4v) is 9.79. The Labute approximate surface area is 358 Å². The van der Waals surface area contributed by atoms with E-state index in [1.165, 1.54) is 7.11 Å². The first-order valence-electron chi connectivity index (χ1n) is 20.7. The number of imide groups is 1. The number of cyclic esters (lactones) is 1. The number of esters is 1. The van der Waals surface area contributed by atoms with E-state index in [-0.39, 0.29) is 45.2 Å². The topological polar surface area (TPSA) is 164 Å². The van der Waals surface area contributed by atoms with E-state index in [1.54, 1.807) is 59.8 Å². The van der Waals surface area contributed by atoms with Crippen LogP contribution in [0.1, 0.15) is 40.4 Å². The van der Waals surface area contributed by atoms with E-state index in [4.69, 9.17) is 18.9 Å². The number of aliphatic hydroxyl groups excluding tert-OH is 1. The van der Waals surface area contributed by atoms with Crippen molar-refractivity contribution in [2.45, 2.75) is 29.6 Å². The van der Waals surface area contributed by atoms with Crippen molar-refractivity contribution in [3.05, 3.63) is 150 Å². The molecule has 5 heterocycles. The Morgan fingerprint density at radius 1 is 0.758 bits per heavy atom. The number of methoxy groups -OCH3 is 1. The fourth-order valence-electron chi connectivity index (χ4n) is 9.79. The largest absolute Gasteiger partial charge is 0.491 e. The highest BCUT2D eigenvalue weighted by atomic mass is 16.6. The molecule has 3 fully saturated rings. The number of hydrogen-bond acceptors (Lipinski definition) is 13. The second-order valence-corrected chi connectivity index (χ2v) is 15.5. The van der Waals surface area contributed by atoms with E-state index < -0.39 is 59.4 Å². The lowest BCUT2D eigenvalue weighted by Gasteiger charge is -2.46. The number of amides is 3. The maximum absolute atomic E-state index is 16.1. The van der Waals surface area contributed by atoms with Gasteiger partial charge in [-0.05, 0) is 46.5 Å². The smallest absolute Gasteiger partial charge is 0.421 e. The van der Waals surface area contributed by atoms with Crippen molar-refractivity contribution in [1.29, 1.82) is 0 Å². The Bertz CT molecular complexity index is 2400. The molecule has 62 heavy (non-hydrogen) atoms. The molecule has 1 spiro atoms. The lowest BCUT2D eigenvalue weighted by atomic mass is 9.65. The van der Waals surface area contributed by atoms with Crippen LogP contribution in [0.15, 0.2) is 128 Å². The lowest BCUT2D eigenvalue weighted by Crippen LogP contribution is -2.59. The molecule has 1 aromatic heterocycles. The van der Waals surface area contributed by atoms with Crippen LogP contribution < -0.4 is 14.5 Å². The number of benzene rings is 4. The van der Waals surface area contributed by atoms with Crippen molar-refractivity contribution in [2.24, 2.45) is 5.92 Å². The van der Waals surface area contributed by atoms with E-state index in [9.17, 15) is 9.90 Å². The molecule has 3 saturated heterocycles. The van der Waals surface area contributed by atoms with Gasteiger partial charge in [0.15, 0.2) is 0 Å². The third kappa shape index (κ3) is 6.91. The molecule has 4 aliphatic rings. The van der Waals surface area contributed by atoms with Crippen LogP contribution in [0.25, 0.3) is 0 Å². The van der Waals surface area contributed by atoms with Gasteiger partial charge in [-0.25, -0.2) is 19.7 Å². The van der Waals surface area contributed by atoms with Gasteiger partial charge >= 0.3 is 12.1 Å². The summed E-state index contributed by atoms with van der Waals surface area (Å²) in [5.74, 6) is -2.19. The standard InChI is InChI=1S/C47H46N6O9/c1-59-29-30-61-46(58)52-36-16-9-8-15-35(36)47(44(52)57)37(42(55)50-23-25-51(26-24-50)45-48-21-10-22-49-45)39-43(56)62-40(32-13-6-3-7-14-32)38(31-11-4-2-5-12-31)53(39)41(47)33-17-19-34(20-18-33)60-28-27-54/h2-22,37-41,54H,23-30H2,1H3. The van der Waals surface area contributed by atoms with Gasteiger partial charge in [0.1, 0.15) is 36.5 Å². The van der Waals surface area contributed by atoms with Crippen molar-refractivity contribution in [1.82, 2.24) is 19.8 Å². The number of carbonyl (C=O) groups is 4. The Kier molecular flexibility index (Phi) is 11.4. The van der Waals surface area contributed by atoms with E-state index in [0.717, 1.165) is 16.0 Å². The van der Waals surface area contributed by atoms with Crippen LogP contribution in [-0.2, 0) is 34.0 Å². The number of carbonyl (C=O) groups excluding carboxylic acids is 4. The summed E-state index contributed by atoms with van der Waals surface area (Å²) < 4.78 is 23.1. The van der Waals surface area contributed by atoms with Gasteiger partial charge in [-0.2, -0.15) is 0 Å². The van der Waals surface area contributed by atoms with Gasteiger partial charge in [0.2, 0.25) is 17.8 Å².